The molecule has 0 bridgehead atoms. The fraction of sp³-hybridized carbons (Fsp3) is 0.538. The zero-order valence-electron chi connectivity index (χ0n) is 9.82. The van der Waals surface area contributed by atoms with Crippen molar-refractivity contribution in [1.82, 2.24) is 0 Å². The summed E-state index contributed by atoms with van der Waals surface area (Å²) in [4.78, 5) is 2.40. The second-order valence-electron chi connectivity index (χ2n) is 4.06. The van der Waals surface area contributed by atoms with Crippen molar-refractivity contribution in [2.24, 2.45) is 11.7 Å². The number of benzene rings is 1. The molecule has 1 unspecified atom stereocenters. The second kappa shape index (κ2) is 6.46. The number of hydrogen-bond acceptors (Lipinski definition) is 2. The van der Waals surface area contributed by atoms with E-state index in [0.717, 1.165) is 26.1 Å². The lowest BCUT2D eigenvalue weighted by Gasteiger charge is -2.26. The molecule has 84 valence electrons. The van der Waals surface area contributed by atoms with Crippen LogP contribution in [0.2, 0.25) is 0 Å². The lowest BCUT2D eigenvalue weighted by molar-refractivity contribution is 0.529. The van der Waals surface area contributed by atoms with Crippen LogP contribution < -0.4 is 10.6 Å². The van der Waals surface area contributed by atoms with E-state index in [1.165, 1.54) is 5.69 Å². The molecule has 1 rings (SSSR count). The summed E-state index contributed by atoms with van der Waals surface area (Å²) >= 11 is 0. The van der Waals surface area contributed by atoms with Crippen LogP contribution >= 0.6 is 0 Å². The predicted octanol–water partition coefficient (Wildman–Crippen LogP) is 2.50. The summed E-state index contributed by atoms with van der Waals surface area (Å²) in [6.07, 6.45) is 1.10. The van der Waals surface area contributed by atoms with E-state index in [-0.39, 0.29) is 0 Å². The Kier molecular flexibility index (Phi) is 5.19. The van der Waals surface area contributed by atoms with Crippen LogP contribution in [0.5, 0.6) is 0 Å². The molecule has 0 saturated carbocycles. The minimum atomic E-state index is 0.662. The summed E-state index contributed by atoms with van der Waals surface area (Å²) in [7, 11) is 0. The van der Waals surface area contributed by atoms with E-state index >= 15 is 0 Å². The lowest BCUT2D eigenvalue weighted by Crippen LogP contribution is -2.29. The molecule has 0 saturated heterocycles. The van der Waals surface area contributed by atoms with E-state index in [1.807, 2.05) is 0 Å². The van der Waals surface area contributed by atoms with E-state index in [0.29, 0.717) is 5.92 Å². The molecule has 0 spiro atoms. The summed E-state index contributed by atoms with van der Waals surface area (Å²) in [5.41, 5.74) is 6.88. The third-order valence-corrected chi connectivity index (χ3v) is 2.69. The van der Waals surface area contributed by atoms with Gasteiger partial charge in [-0.3, -0.25) is 0 Å². The van der Waals surface area contributed by atoms with Crippen molar-refractivity contribution in [3.8, 4) is 0 Å². The van der Waals surface area contributed by atoms with Gasteiger partial charge in [-0.25, -0.2) is 0 Å². The molecule has 1 atom stereocenters. The fourth-order valence-corrected chi connectivity index (χ4v) is 1.81. The highest BCUT2D eigenvalue weighted by molar-refractivity contribution is 5.45. The Morgan fingerprint density at radius 1 is 1.27 bits per heavy atom. The highest BCUT2D eigenvalue weighted by Gasteiger charge is 2.08. The molecule has 1 aromatic carbocycles. The van der Waals surface area contributed by atoms with Crippen molar-refractivity contribution < 1.29 is 0 Å². The maximum atomic E-state index is 5.57. The van der Waals surface area contributed by atoms with Crippen LogP contribution in [0.25, 0.3) is 0 Å². The van der Waals surface area contributed by atoms with Gasteiger partial charge in [-0.1, -0.05) is 25.1 Å². The summed E-state index contributed by atoms with van der Waals surface area (Å²) in [6, 6.07) is 10.6. The molecule has 2 N–H and O–H groups in total. The summed E-state index contributed by atoms with van der Waals surface area (Å²) in [5.74, 6) is 0.662. The molecule has 0 fully saturated rings. The van der Waals surface area contributed by atoms with Crippen molar-refractivity contribution in [2.75, 3.05) is 24.5 Å². The van der Waals surface area contributed by atoms with Gasteiger partial charge in [0.05, 0.1) is 0 Å². The van der Waals surface area contributed by atoms with Gasteiger partial charge in [-0.15, -0.1) is 0 Å². The van der Waals surface area contributed by atoms with Crippen LogP contribution in [-0.2, 0) is 0 Å². The van der Waals surface area contributed by atoms with Crippen LogP contribution in [0, 0.1) is 5.92 Å². The maximum absolute atomic E-state index is 5.57. The third kappa shape index (κ3) is 3.92. The van der Waals surface area contributed by atoms with Crippen LogP contribution in [0.15, 0.2) is 30.3 Å². The van der Waals surface area contributed by atoms with Crippen molar-refractivity contribution in [1.29, 1.82) is 0 Å². The molecule has 0 amide bonds. The Hall–Kier alpha value is -1.02. The molecule has 2 heteroatoms. The SMILES string of the molecule is CCN(CC(C)CCN)c1ccccc1. The molecule has 0 aliphatic carbocycles. The van der Waals surface area contributed by atoms with Gasteiger partial charge < -0.3 is 10.6 Å². The number of hydrogen-bond donors (Lipinski definition) is 1. The molecule has 0 heterocycles. The minimum absolute atomic E-state index is 0.662. The van der Waals surface area contributed by atoms with E-state index in [4.69, 9.17) is 5.73 Å². The first kappa shape index (κ1) is 12.1. The molecule has 15 heavy (non-hydrogen) atoms. The number of para-hydroxylation sites is 1. The summed E-state index contributed by atoms with van der Waals surface area (Å²) in [6.45, 7) is 7.39. The van der Waals surface area contributed by atoms with Gasteiger partial charge in [0.2, 0.25) is 0 Å². The summed E-state index contributed by atoms with van der Waals surface area (Å²) < 4.78 is 0. The largest absolute Gasteiger partial charge is 0.372 e. The topological polar surface area (TPSA) is 29.3 Å². The average molecular weight is 206 g/mol. The fourth-order valence-electron chi connectivity index (χ4n) is 1.81. The molecule has 0 aliphatic rings. The first-order valence-corrected chi connectivity index (χ1v) is 5.78. The first-order chi connectivity index (χ1) is 7.27. The van der Waals surface area contributed by atoms with Crippen LogP contribution in [0.3, 0.4) is 0 Å². The van der Waals surface area contributed by atoms with Gasteiger partial charge in [0.15, 0.2) is 0 Å². The number of nitrogens with zero attached hydrogens (tertiary/aromatic N) is 1. The highest BCUT2D eigenvalue weighted by atomic mass is 15.1. The van der Waals surface area contributed by atoms with E-state index < -0.39 is 0 Å². The zero-order valence-corrected chi connectivity index (χ0v) is 9.82. The first-order valence-electron chi connectivity index (χ1n) is 5.78. The number of anilines is 1. The van der Waals surface area contributed by atoms with Gasteiger partial charge in [-0.2, -0.15) is 0 Å². The molecule has 0 aromatic heterocycles. The van der Waals surface area contributed by atoms with E-state index in [9.17, 15) is 0 Å². The Balaban J connectivity index is 2.56. The molecular weight excluding hydrogens is 184 g/mol. The van der Waals surface area contributed by atoms with Gasteiger partial charge in [0.1, 0.15) is 0 Å². The van der Waals surface area contributed by atoms with Gasteiger partial charge in [0, 0.05) is 18.8 Å². The highest BCUT2D eigenvalue weighted by Crippen LogP contribution is 2.15. The quantitative estimate of drug-likeness (QED) is 0.775. The van der Waals surface area contributed by atoms with Crippen LogP contribution in [0.4, 0.5) is 5.69 Å². The van der Waals surface area contributed by atoms with Crippen molar-refractivity contribution in [3.63, 3.8) is 0 Å². The molecule has 2 nitrogen and oxygen atoms in total. The van der Waals surface area contributed by atoms with Crippen molar-refractivity contribution >= 4 is 5.69 Å². The van der Waals surface area contributed by atoms with Gasteiger partial charge >= 0.3 is 0 Å². The van der Waals surface area contributed by atoms with Crippen LogP contribution in [0.1, 0.15) is 20.3 Å². The van der Waals surface area contributed by atoms with Crippen molar-refractivity contribution in [3.05, 3.63) is 30.3 Å². The standard InChI is InChI=1S/C13H22N2/c1-3-15(11-12(2)9-10-14)13-7-5-4-6-8-13/h4-8,12H,3,9-11,14H2,1-2H3. The minimum Gasteiger partial charge on any atom is -0.372 e. The summed E-state index contributed by atoms with van der Waals surface area (Å²) in [5, 5.41) is 0. The molecule has 0 aliphatic heterocycles. The Bertz CT molecular complexity index is 258. The average Bonchev–Trinajstić information content (AvgIpc) is 2.27. The molecular formula is C13H22N2. The Labute approximate surface area is 93.1 Å². The maximum Gasteiger partial charge on any atom is 0.0366 e. The van der Waals surface area contributed by atoms with Crippen LogP contribution in [-0.4, -0.2) is 19.6 Å². The number of nitrogens with two attached hydrogens (primary N) is 1. The molecule has 0 radical (unpaired) electrons. The van der Waals surface area contributed by atoms with E-state index in [1.54, 1.807) is 0 Å². The normalized spacial score (nSPS) is 12.5. The van der Waals surface area contributed by atoms with Gasteiger partial charge in [-0.05, 0) is 37.9 Å². The van der Waals surface area contributed by atoms with Crippen molar-refractivity contribution in [2.45, 2.75) is 20.3 Å². The monoisotopic (exact) mass is 206 g/mol. The van der Waals surface area contributed by atoms with Gasteiger partial charge in [0.25, 0.3) is 0 Å². The zero-order chi connectivity index (χ0) is 11.1. The lowest BCUT2D eigenvalue weighted by atomic mass is 10.1. The Morgan fingerprint density at radius 2 is 1.93 bits per heavy atom. The third-order valence-electron chi connectivity index (χ3n) is 2.69. The molecule has 1 aromatic rings. The second-order valence-corrected chi connectivity index (χ2v) is 4.06. The Morgan fingerprint density at radius 3 is 2.47 bits per heavy atom. The smallest absolute Gasteiger partial charge is 0.0366 e. The number of rotatable bonds is 6. The predicted molar refractivity (Wildman–Crippen MR) is 67.2 cm³/mol. The van der Waals surface area contributed by atoms with E-state index in [2.05, 4.69) is 49.1 Å².